The summed E-state index contributed by atoms with van der Waals surface area (Å²) in [5.41, 5.74) is 1.16. The lowest BCUT2D eigenvalue weighted by Gasteiger charge is -2.19. The molecule has 0 unspecified atom stereocenters. The van der Waals surface area contributed by atoms with E-state index in [0.29, 0.717) is 33.8 Å². The highest BCUT2D eigenvalue weighted by molar-refractivity contribution is 6.07. The van der Waals surface area contributed by atoms with Gasteiger partial charge >= 0.3 is 12.2 Å². The third kappa shape index (κ3) is 5.47. The van der Waals surface area contributed by atoms with Crippen LogP contribution in [0.4, 0.5) is 40.8 Å². The number of nitrogens with one attached hydrogen (secondary N) is 3. The Morgan fingerprint density at radius 1 is 0.973 bits per heavy atom. The molecule has 0 fully saturated rings. The largest absolute Gasteiger partial charge is 0.416 e. The van der Waals surface area contributed by atoms with Gasteiger partial charge in [0, 0.05) is 50.0 Å². The first-order valence-corrected chi connectivity index (χ1v) is 11.1. The van der Waals surface area contributed by atoms with Crippen molar-refractivity contribution in [1.82, 2.24) is 15.0 Å². The molecule has 3 N–H and O–H groups in total. The number of fused-ring (bicyclic) bond motifs is 1. The molecule has 0 radical (unpaired) electrons. The summed E-state index contributed by atoms with van der Waals surface area (Å²) in [5.74, 6) is -0.324. The zero-order chi connectivity index (χ0) is 26.9. The molecule has 12 heteroatoms. The summed E-state index contributed by atoms with van der Waals surface area (Å²) in [5, 5.41) is 6.06. The van der Waals surface area contributed by atoms with Crippen LogP contribution in [0.1, 0.15) is 21.5 Å². The van der Waals surface area contributed by atoms with Gasteiger partial charge in [-0.1, -0.05) is 6.07 Å². The average molecular weight is 512 g/mol. The van der Waals surface area contributed by atoms with Gasteiger partial charge in [0.05, 0.1) is 10.9 Å². The molecule has 0 saturated carbocycles. The number of urea groups is 1. The highest BCUT2D eigenvalue weighted by Crippen LogP contribution is 2.33. The molecule has 0 spiro atoms. The van der Waals surface area contributed by atoms with E-state index in [0.717, 1.165) is 12.1 Å². The zero-order valence-corrected chi connectivity index (χ0v) is 20.4. The Bertz CT molecular complexity index is 1480. The van der Waals surface area contributed by atoms with Crippen LogP contribution in [0.5, 0.6) is 0 Å². The Balaban J connectivity index is 1.55. The SMILES string of the molecule is Cc1ccc(NC(=O)c2cc(N(C)C)cc(C(F)(F)F)c2)cc1NC(=O)N(C)c1ncnc2[nH]ccc12. The van der Waals surface area contributed by atoms with E-state index in [4.69, 9.17) is 0 Å². The highest BCUT2D eigenvalue weighted by Gasteiger charge is 2.32. The second-order valence-corrected chi connectivity index (χ2v) is 8.57. The van der Waals surface area contributed by atoms with Crippen LogP contribution in [0.25, 0.3) is 11.0 Å². The molecule has 0 bridgehead atoms. The van der Waals surface area contributed by atoms with Crippen LogP contribution in [-0.2, 0) is 6.18 Å². The van der Waals surface area contributed by atoms with Gasteiger partial charge in [-0.25, -0.2) is 14.8 Å². The van der Waals surface area contributed by atoms with Crippen LogP contribution in [0.3, 0.4) is 0 Å². The number of benzene rings is 2. The number of aryl methyl sites for hydroxylation is 1. The number of aromatic amines is 1. The Morgan fingerprint density at radius 3 is 2.43 bits per heavy atom. The summed E-state index contributed by atoms with van der Waals surface area (Å²) in [6.07, 6.45) is -1.57. The van der Waals surface area contributed by atoms with Crippen molar-refractivity contribution in [2.75, 3.05) is 41.6 Å². The number of rotatable bonds is 5. The smallest absolute Gasteiger partial charge is 0.378 e. The normalized spacial score (nSPS) is 11.3. The van der Waals surface area contributed by atoms with Gasteiger partial charge in [0.2, 0.25) is 0 Å². The van der Waals surface area contributed by atoms with Gasteiger partial charge < -0.3 is 20.5 Å². The minimum Gasteiger partial charge on any atom is -0.378 e. The molecule has 0 atom stereocenters. The minimum atomic E-state index is -4.61. The number of carbonyl (C=O) groups is 2. The van der Waals surface area contributed by atoms with Crippen LogP contribution in [0, 0.1) is 6.92 Å². The summed E-state index contributed by atoms with van der Waals surface area (Å²) >= 11 is 0. The molecule has 3 amide bonds. The Labute approximate surface area is 210 Å². The standard InChI is InChI=1S/C25H24F3N7O2/c1-14-5-6-17(32-23(36)15-9-16(25(26,27)28)11-18(10-15)34(2)3)12-20(14)33-24(37)35(4)22-19-7-8-29-21(19)30-13-31-22/h5-13H,1-4H3,(H,32,36)(H,33,37)(H,29,30,31). The number of carbonyl (C=O) groups excluding carboxylic acids is 2. The van der Waals surface area contributed by atoms with Gasteiger partial charge in [0.25, 0.3) is 5.91 Å². The lowest BCUT2D eigenvalue weighted by molar-refractivity contribution is -0.137. The van der Waals surface area contributed by atoms with Crippen molar-refractivity contribution >= 4 is 45.9 Å². The number of amides is 3. The molecule has 0 aliphatic carbocycles. The zero-order valence-electron chi connectivity index (χ0n) is 20.4. The second-order valence-electron chi connectivity index (χ2n) is 8.57. The van der Waals surface area contributed by atoms with E-state index in [1.165, 1.54) is 28.3 Å². The predicted octanol–water partition coefficient (Wildman–Crippen LogP) is 5.27. The van der Waals surface area contributed by atoms with Gasteiger partial charge in [-0.05, 0) is 48.9 Å². The summed E-state index contributed by atoms with van der Waals surface area (Å²) < 4.78 is 40.1. The lowest BCUT2D eigenvalue weighted by Crippen LogP contribution is -2.32. The predicted molar refractivity (Wildman–Crippen MR) is 136 cm³/mol. The van der Waals surface area contributed by atoms with Gasteiger partial charge in [-0.2, -0.15) is 13.2 Å². The molecule has 9 nitrogen and oxygen atoms in total. The van der Waals surface area contributed by atoms with E-state index >= 15 is 0 Å². The molecule has 2 aromatic heterocycles. The van der Waals surface area contributed by atoms with E-state index in [9.17, 15) is 22.8 Å². The lowest BCUT2D eigenvalue weighted by atomic mass is 10.1. The number of hydrogen-bond acceptors (Lipinski definition) is 5. The maximum Gasteiger partial charge on any atom is 0.416 e. The van der Waals surface area contributed by atoms with Crippen LogP contribution in [0.15, 0.2) is 55.0 Å². The first-order valence-electron chi connectivity index (χ1n) is 11.1. The van der Waals surface area contributed by atoms with Crippen molar-refractivity contribution in [3.8, 4) is 0 Å². The fraction of sp³-hybridized carbons (Fsp3) is 0.200. The van der Waals surface area contributed by atoms with Crippen molar-refractivity contribution in [3.63, 3.8) is 0 Å². The minimum absolute atomic E-state index is 0.149. The Kier molecular flexibility index (Phi) is 6.75. The third-order valence-electron chi connectivity index (χ3n) is 5.72. The molecule has 0 aliphatic rings. The molecule has 0 saturated heterocycles. The van der Waals surface area contributed by atoms with Crippen LogP contribution >= 0.6 is 0 Å². The maximum absolute atomic E-state index is 13.4. The number of nitrogens with zero attached hydrogens (tertiary/aromatic N) is 4. The van der Waals surface area contributed by atoms with Crippen LogP contribution in [0.2, 0.25) is 0 Å². The number of aromatic nitrogens is 3. The van der Waals surface area contributed by atoms with Crippen molar-refractivity contribution in [3.05, 3.63) is 71.7 Å². The highest BCUT2D eigenvalue weighted by atomic mass is 19.4. The fourth-order valence-electron chi connectivity index (χ4n) is 3.62. The summed E-state index contributed by atoms with van der Waals surface area (Å²) in [6, 6.07) is 9.24. The summed E-state index contributed by atoms with van der Waals surface area (Å²) in [7, 11) is 4.73. The van der Waals surface area contributed by atoms with E-state index in [1.807, 2.05) is 0 Å². The molecular weight excluding hydrogens is 487 g/mol. The number of H-pyrrole nitrogens is 1. The summed E-state index contributed by atoms with van der Waals surface area (Å²) in [4.78, 5) is 39.9. The maximum atomic E-state index is 13.4. The van der Waals surface area contributed by atoms with Gasteiger partial charge in [-0.15, -0.1) is 0 Å². The fourth-order valence-corrected chi connectivity index (χ4v) is 3.62. The molecule has 2 heterocycles. The van der Waals surface area contributed by atoms with Gasteiger partial charge in [0.1, 0.15) is 17.8 Å². The molecule has 4 aromatic rings. The van der Waals surface area contributed by atoms with Crippen molar-refractivity contribution < 1.29 is 22.8 Å². The molecule has 192 valence electrons. The molecule has 4 rings (SSSR count). The number of alkyl halides is 3. The van der Waals surface area contributed by atoms with Crippen molar-refractivity contribution in [2.45, 2.75) is 13.1 Å². The van der Waals surface area contributed by atoms with E-state index < -0.39 is 23.7 Å². The second kappa shape index (κ2) is 9.80. The Morgan fingerprint density at radius 2 is 1.73 bits per heavy atom. The topological polar surface area (TPSA) is 106 Å². The molecule has 2 aromatic carbocycles. The van der Waals surface area contributed by atoms with E-state index in [1.54, 1.807) is 52.5 Å². The third-order valence-corrected chi connectivity index (χ3v) is 5.72. The van der Waals surface area contributed by atoms with E-state index in [-0.39, 0.29) is 11.3 Å². The van der Waals surface area contributed by atoms with Crippen LogP contribution in [-0.4, -0.2) is 48.0 Å². The average Bonchev–Trinajstić information content (AvgIpc) is 3.34. The number of anilines is 4. The first kappa shape index (κ1) is 25.5. The first-order chi connectivity index (χ1) is 17.4. The van der Waals surface area contributed by atoms with Crippen molar-refractivity contribution in [2.24, 2.45) is 0 Å². The molecular formula is C25H24F3N7O2. The number of halogens is 3. The Hall–Kier alpha value is -4.61. The quantitative estimate of drug-likeness (QED) is 0.338. The van der Waals surface area contributed by atoms with Gasteiger partial charge in [-0.3, -0.25) is 9.69 Å². The molecule has 37 heavy (non-hydrogen) atoms. The van der Waals surface area contributed by atoms with Gasteiger partial charge in [0.15, 0.2) is 0 Å². The van der Waals surface area contributed by atoms with Crippen molar-refractivity contribution in [1.29, 1.82) is 0 Å². The van der Waals surface area contributed by atoms with E-state index in [2.05, 4.69) is 25.6 Å². The summed E-state index contributed by atoms with van der Waals surface area (Å²) in [6.45, 7) is 1.77. The monoisotopic (exact) mass is 511 g/mol. The molecule has 0 aliphatic heterocycles. The van der Waals surface area contributed by atoms with Crippen LogP contribution < -0.4 is 20.4 Å². The number of hydrogen-bond donors (Lipinski definition) is 3.